The van der Waals surface area contributed by atoms with Crippen molar-refractivity contribution >= 4 is 35.2 Å². The summed E-state index contributed by atoms with van der Waals surface area (Å²) in [5, 5.41) is 3.07. The van der Waals surface area contributed by atoms with Crippen molar-refractivity contribution in [2.24, 2.45) is 5.92 Å². The highest BCUT2D eigenvalue weighted by Gasteiger charge is 2.28. The summed E-state index contributed by atoms with van der Waals surface area (Å²) >= 11 is 5.97. The molecule has 1 aliphatic heterocycles. The molecule has 1 saturated heterocycles. The lowest BCUT2D eigenvalue weighted by Gasteiger charge is -2.33. The van der Waals surface area contributed by atoms with Crippen LogP contribution in [0.2, 0.25) is 5.02 Å². The lowest BCUT2D eigenvalue weighted by atomic mass is 9.96. The monoisotopic (exact) mass is 367 g/mol. The number of urea groups is 1. The number of amides is 3. The van der Waals surface area contributed by atoms with Gasteiger partial charge in [0.2, 0.25) is 5.91 Å². The maximum Gasteiger partial charge on any atom is 0.339 e. The molecule has 0 aliphatic carbocycles. The number of likely N-dealkylation sites (tertiary alicyclic amines) is 1. The quantitative estimate of drug-likeness (QED) is 0.832. The minimum atomic E-state index is -0.559. The maximum absolute atomic E-state index is 12.4. The van der Waals surface area contributed by atoms with E-state index < -0.39 is 5.97 Å². The summed E-state index contributed by atoms with van der Waals surface area (Å²) in [6.07, 6.45) is 1.20. The van der Waals surface area contributed by atoms with Gasteiger partial charge in [0.15, 0.2) is 0 Å². The molecule has 1 N–H and O–H groups in total. The summed E-state index contributed by atoms with van der Waals surface area (Å²) in [4.78, 5) is 39.3. The third-order valence-corrected chi connectivity index (χ3v) is 4.49. The molecular formula is C17H22ClN3O4. The molecule has 2 rings (SSSR count). The molecule has 1 fully saturated rings. The summed E-state index contributed by atoms with van der Waals surface area (Å²) in [7, 11) is 4.69. The van der Waals surface area contributed by atoms with Crippen molar-refractivity contribution in [3.05, 3.63) is 28.8 Å². The highest BCUT2D eigenvalue weighted by Crippen LogP contribution is 2.24. The largest absolute Gasteiger partial charge is 0.465 e. The smallest absolute Gasteiger partial charge is 0.339 e. The van der Waals surface area contributed by atoms with E-state index in [1.54, 1.807) is 31.1 Å². The van der Waals surface area contributed by atoms with Crippen LogP contribution in [0.1, 0.15) is 23.2 Å². The van der Waals surface area contributed by atoms with Crippen LogP contribution < -0.4 is 5.32 Å². The summed E-state index contributed by atoms with van der Waals surface area (Å²) < 4.78 is 4.67. The molecule has 1 aliphatic rings. The van der Waals surface area contributed by atoms with Crippen LogP contribution in [0.5, 0.6) is 0 Å². The number of carbonyl (C=O) groups is 3. The molecule has 0 unspecified atom stereocenters. The molecule has 1 aromatic carbocycles. The zero-order chi connectivity index (χ0) is 18.6. The number of ether oxygens (including phenoxy) is 1. The van der Waals surface area contributed by atoms with Crippen molar-refractivity contribution in [2.45, 2.75) is 12.8 Å². The minimum absolute atomic E-state index is 0.0423. The predicted molar refractivity (Wildman–Crippen MR) is 94.8 cm³/mol. The van der Waals surface area contributed by atoms with E-state index >= 15 is 0 Å². The molecule has 0 bridgehead atoms. The Balaban J connectivity index is 1.97. The zero-order valence-corrected chi connectivity index (χ0v) is 15.3. The second kappa shape index (κ2) is 8.20. The van der Waals surface area contributed by atoms with Gasteiger partial charge in [0, 0.05) is 38.8 Å². The first-order chi connectivity index (χ1) is 11.8. The van der Waals surface area contributed by atoms with Crippen LogP contribution in [0.4, 0.5) is 10.5 Å². The van der Waals surface area contributed by atoms with Crippen LogP contribution in [0.3, 0.4) is 0 Å². The van der Waals surface area contributed by atoms with E-state index in [9.17, 15) is 14.4 Å². The first-order valence-corrected chi connectivity index (χ1v) is 8.36. The van der Waals surface area contributed by atoms with E-state index in [1.807, 2.05) is 0 Å². The number of benzene rings is 1. The summed E-state index contributed by atoms with van der Waals surface area (Å²) in [6.45, 7) is 1.09. The van der Waals surface area contributed by atoms with Crippen molar-refractivity contribution in [3.8, 4) is 0 Å². The molecule has 0 atom stereocenters. The number of anilines is 1. The fourth-order valence-corrected chi connectivity index (χ4v) is 2.92. The van der Waals surface area contributed by atoms with Crippen LogP contribution in [-0.4, -0.2) is 62.0 Å². The van der Waals surface area contributed by atoms with E-state index in [0.717, 1.165) is 0 Å². The number of halogens is 1. The summed E-state index contributed by atoms with van der Waals surface area (Å²) in [6, 6.07) is 4.63. The van der Waals surface area contributed by atoms with Gasteiger partial charge in [-0.2, -0.15) is 0 Å². The molecule has 7 nitrogen and oxygen atoms in total. The Kier molecular flexibility index (Phi) is 6.25. The summed E-state index contributed by atoms with van der Waals surface area (Å²) in [5.74, 6) is -0.866. The number of hydrogen-bond acceptors (Lipinski definition) is 4. The SMILES string of the molecule is COC(=O)c1cc(NC(=O)C2CCN(C(=O)N(C)C)CC2)ccc1Cl. The van der Waals surface area contributed by atoms with Gasteiger partial charge in [-0.3, -0.25) is 4.79 Å². The van der Waals surface area contributed by atoms with Crippen LogP contribution in [0.25, 0.3) is 0 Å². The number of methoxy groups -OCH3 is 1. The second-order valence-electron chi connectivity index (χ2n) is 6.11. The lowest BCUT2D eigenvalue weighted by Crippen LogP contribution is -2.45. The van der Waals surface area contributed by atoms with Crippen LogP contribution in [0.15, 0.2) is 18.2 Å². The average Bonchev–Trinajstić information content (AvgIpc) is 2.62. The standard InChI is InChI=1S/C17H22ClN3O4/c1-20(2)17(24)21-8-6-11(7-9-21)15(22)19-12-4-5-14(18)13(10-12)16(23)25-3/h4-5,10-11H,6-9H2,1-3H3,(H,19,22). The van der Waals surface area contributed by atoms with Crippen molar-refractivity contribution in [3.63, 3.8) is 0 Å². The first kappa shape index (κ1) is 19.1. The molecule has 0 radical (unpaired) electrons. The molecule has 1 heterocycles. The number of nitrogens with one attached hydrogen (secondary N) is 1. The number of hydrogen-bond donors (Lipinski definition) is 1. The molecule has 0 spiro atoms. The molecule has 0 aromatic heterocycles. The number of nitrogens with zero attached hydrogens (tertiary/aromatic N) is 2. The van der Waals surface area contributed by atoms with Crippen LogP contribution in [0, 0.1) is 5.92 Å². The van der Waals surface area contributed by atoms with Gasteiger partial charge in [-0.25, -0.2) is 9.59 Å². The first-order valence-electron chi connectivity index (χ1n) is 7.98. The van der Waals surface area contributed by atoms with E-state index in [1.165, 1.54) is 18.1 Å². The predicted octanol–water partition coefficient (Wildman–Crippen LogP) is 2.46. The van der Waals surface area contributed by atoms with Crippen molar-refractivity contribution in [1.82, 2.24) is 9.80 Å². The number of carbonyl (C=O) groups excluding carboxylic acids is 3. The van der Waals surface area contributed by atoms with E-state index in [0.29, 0.717) is 31.6 Å². The Labute approximate surface area is 151 Å². The highest BCUT2D eigenvalue weighted by molar-refractivity contribution is 6.33. The Hall–Kier alpha value is -2.28. The maximum atomic E-state index is 12.4. The van der Waals surface area contributed by atoms with Gasteiger partial charge < -0.3 is 19.9 Å². The highest BCUT2D eigenvalue weighted by atomic mass is 35.5. The van der Waals surface area contributed by atoms with Gasteiger partial charge in [0.1, 0.15) is 0 Å². The van der Waals surface area contributed by atoms with Gasteiger partial charge in [-0.1, -0.05) is 11.6 Å². The number of piperidine rings is 1. The van der Waals surface area contributed by atoms with Gasteiger partial charge in [0.05, 0.1) is 17.7 Å². The van der Waals surface area contributed by atoms with E-state index in [-0.39, 0.29) is 28.4 Å². The zero-order valence-electron chi connectivity index (χ0n) is 14.5. The third kappa shape index (κ3) is 4.63. The third-order valence-electron chi connectivity index (χ3n) is 4.16. The molecule has 8 heteroatoms. The molecule has 25 heavy (non-hydrogen) atoms. The Morgan fingerprint density at radius 2 is 1.88 bits per heavy atom. The molecule has 0 saturated carbocycles. The molecular weight excluding hydrogens is 346 g/mol. The van der Waals surface area contributed by atoms with Crippen LogP contribution >= 0.6 is 11.6 Å². The molecule has 3 amide bonds. The van der Waals surface area contributed by atoms with Gasteiger partial charge >= 0.3 is 12.0 Å². The van der Waals surface area contributed by atoms with Gasteiger partial charge in [0.25, 0.3) is 0 Å². The van der Waals surface area contributed by atoms with Gasteiger partial charge in [-0.05, 0) is 31.0 Å². The van der Waals surface area contributed by atoms with E-state index in [2.05, 4.69) is 10.1 Å². The van der Waals surface area contributed by atoms with Crippen molar-refractivity contribution in [2.75, 3.05) is 39.6 Å². The topological polar surface area (TPSA) is 79.0 Å². The second-order valence-corrected chi connectivity index (χ2v) is 6.52. The normalized spacial score (nSPS) is 14.8. The van der Waals surface area contributed by atoms with Gasteiger partial charge in [-0.15, -0.1) is 0 Å². The summed E-state index contributed by atoms with van der Waals surface area (Å²) in [5.41, 5.74) is 0.690. The Morgan fingerprint density at radius 1 is 1.24 bits per heavy atom. The van der Waals surface area contributed by atoms with E-state index in [4.69, 9.17) is 11.6 Å². The Morgan fingerprint density at radius 3 is 2.44 bits per heavy atom. The lowest BCUT2D eigenvalue weighted by molar-refractivity contribution is -0.121. The molecule has 1 aromatic rings. The van der Waals surface area contributed by atoms with Crippen molar-refractivity contribution in [1.29, 1.82) is 0 Å². The Bertz CT molecular complexity index is 670. The average molecular weight is 368 g/mol. The fraction of sp³-hybridized carbons (Fsp3) is 0.471. The fourth-order valence-electron chi connectivity index (χ4n) is 2.73. The van der Waals surface area contributed by atoms with Crippen molar-refractivity contribution < 1.29 is 19.1 Å². The van der Waals surface area contributed by atoms with Crippen LogP contribution in [-0.2, 0) is 9.53 Å². The molecule has 136 valence electrons. The minimum Gasteiger partial charge on any atom is -0.465 e. The number of rotatable bonds is 3. The number of esters is 1.